The summed E-state index contributed by atoms with van der Waals surface area (Å²) < 4.78 is 236. The molecule has 0 aliphatic carbocycles. The predicted molar refractivity (Wildman–Crippen MR) is 134 cm³/mol. The molecule has 0 heterocycles. The maximum atomic E-state index is 13.5. The van der Waals surface area contributed by atoms with Crippen LogP contribution in [0.15, 0.2) is 0 Å². The number of halogens is 14. The van der Waals surface area contributed by atoms with Crippen LogP contribution in [0.1, 0.15) is 40.5 Å². The lowest BCUT2D eigenvalue weighted by Gasteiger charge is -2.29. The number of hydrogen-bond donors (Lipinski definition) is 1. The molecule has 11 nitrogen and oxygen atoms in total. The van der Waals surface area contributed by atoms with Crippen molar-refractivity contribution < 1.29 is 113 Å². The van der Waals surface area contributed by atoms with E-state index in [0.717, 1.165) is 0 Å². The second-order valence-corrected chi connectivity index (χ2v) is 12.1. The fraction of sp³-hybridized carbons (Fsp3) is 0.875. The molecule has 0 aromatic carbocycles. The Balaban J connectivity index is 6.02. The van der Waals surface area contributed by atoms with Gasteiger partial charge in [-0.15, -0.1) is 0 Å². The van der Waals surface area contributed by atoms with Crippen molar-refractivity contribution in [3.8, 4) is 0 Å². The first-order chi connectivity index (χ1) is 22.2. The van der Waals surface area contributed by atoms with Crippen LogP contribution in [-0.2, 0) is 48.2 Å². The van der Waals surface area contributed by atoms with Gasteiger partial charge in [-0.2, -0.15) is 69.9 Å². The number of rotatable bonds is 20. The number of hydrogen-bond acceptors (Lipinski definition) is 10. The van der Waals surface area contributed by atoms with Gasteiger partial charge in [0, 0.05) is 0 Å². The SMILES string of the molecule is CCC(C)OC(=O)CC(C(=O)OC(C)COCC(F)(F)C(F)(F)C(F)(F)F)C(C(=O)OC(C)COCC(F)(F)C(F)(F)C(F)(F)F)S(=O)(=O)O. The summed E-state index contributed by atoms with van der Waals surface area (Å²) in [5.74, 6) is -33.3. The molecule has 5 atom stereocenters. The van der Waals surface area contributed by atoms with Gasteiger partial charge in [0.25, 0.3) is 10.1 Å². The summed E-state index contributed by atoms with van der Waals surface area (Å²) in [4.78, 5) is 38.0. The Hall–Kier alpha value is -2.74. The molecular formula is C24H30F14O11S. The van der Waals surface area contributed by atoms with Crippen molar-refractivity contribution in [1.82, 2.24) is 0 Å². The minimum atomic E-state index is -6.73. The predicted octanol–water partition coefficient (Wildman–Crippen LogP) is 5.15. The number of carbonyl (C=O) groups excluding carboxylic acids is 3. The van der Waals surface area contributed by atoms with Crippen molar-refractivity contribution in [1.29, 1.82) is 0 Å². The Morgan fingerprint density at radius 3 is 1.30 bits per heavy atom. The summed E-state index contributed by atoms with van der Waals surface area (Å²) >= 11 is 0. The Bertz CT molecular complexity index is 1260. The van der Waals surface area contributed by atoms with Gasteiger partial charge in [-0.3, -0.25) is 18.9 Å². The normalized spacial score (nSPS) is 16.9. The smallest absolute Gasteiger partial charge is 0.459 e. The van der Waals surface area contributed by atoms with Crippen LogP contribution in [0.4, 0.5) is 61.5 Å². The molecule has 296 valence electrons. The van der Waals surface area contributed by atoms with Gasteiger partial charge in [0.15, 0.2) is 5.25 Å². The van der Waals surface area contributed by atoms with Gasteiger partial charge in [-0.1, -0.05) is 6.92 Å². The lowest BCUT2D eigenvalue weighted by atomic mass is 10.0. The van der Waals surface area contributed by atoms with Crippen molar-refractivity contribution in [3.63, 3.8) is 0 Å². The summed E-state index contributed by atoms with van der Waals surface area (Å²) in [5, 5.41) is -3.21. The van der Waals surface area contributed by atoms with Crippen LogP contribution >= 0.6 is 0 Å². The fourth-order valence-electron chi connectivity index (χ4n) is 3.26. The van der Waals surface area contributed by atoms with Crippen LogP contribution < -0.4 is 0 Å². The molecular weight excluding hydrogens is 762 g/mol. The summed E-state index contributed by atoms with van der Waals surface area (Å²) in [6.07, 6.45) is -19.7. The molecule has 0 saturated carbocycles. The van der Waals surface area contributed by atoms with Gasteiger partial charge in [-0.25, -0.2) is 0 Å². The van der Waals surface area contributed by atoms with Gasteiger partial charge in [0.2, 0.25) is 0 Å². The molecule has 0 aromatic rings. The third kappa shape index (κ3) is 12.8. The fourth-order valence-corrected chi connectivity index (χ4v) is 4.19. The van der Waals surface area contributed by atoms with Crippen LogP contribution in [0.5, 0.6) is 0 Å². The van der Waals surface area contributed by atoms with E-state index in [1.54, 1.807) is 0 Å². The highest BCUT2D eigenvalue weighted by Crippen LogP contribution is 2.47. The van der Waals surface area contributed by atoms with Crippen molar-refractivity contribution in [2.75, 3.05) is 26.4 Å². The summed E-state index contributed by atoms with van der Waals surface area (Å²) in [7, 11) is -5.90. The van der Waals surface area contributed by atoms with E-state index in [-0.39, 0.29) is 6.42 Å². The van der Waals surface area contributed by atoms with Gasteiger partial charge >= 0.3 is 54.0 Å². The van der Waals surface area contributed by atoms with Crippen LogP contribution in [0.25, 0.3) is 0 Å². The number of carbonyl (C=O) groups is 3. The minimum Gasteiger partial charge on any atom is -0.463 e. The van der Waals surface area contributed by atoms with E-state index in [2.05, 4.69) is 18.9 Å². The second-order valence-electron chi connectivity index (χ2n) is 10.5. The average Bonchev–Trinajstić information content (AvgIpc) is 2.89. The molecule has 0 spiro atoms. The monoisotopic (exact) mass is 792 g/mol. The van der Waals surface area contributed by atoms with E-state index >= 15 is 0 Å². The van der Waals surface area contributed by atoms with E-state index < -0.39 is 126 Å². The number of ether oxygens (including phenoxy) is 5. The Labute approximate surface area is 273 Å². The van der Waals surface area contributed by atoms with Gasteiger partial charge in [0.1, 0.15) is 25.4 Å². The van der Waals surface area contributed by atoms with E-state index in [1.807, 2.05) is 0 Å². The van der Waals surface area contributed by atoms with Crippen molar-refractivity contribution in [3.05, 3.63) is 0 Å². The molecule has 26 heteroatoms. The van der Waals surface area contributed by atoms with E-state index in [9.17, 15) is 88.8 Å². The average molecular weight is 793 g/mol. The third-order valence-corrected chi connectivity index (χ3v) is 7.22. The first-order valence-corrected chi connectivity index (χ1v) is 15.0. The molecule has 0 radical (unpaired) electrons. The molecule has 0 aliphatic heterocycles. The summed E-state index contributed by atoms with van der Waals surface area (Å²) in [6, 6.07) is 0. The molecule has 0 saturated heterocycles. The molecule has 0 amide bonds. The quantitative estimate of drug-likeness (QED) is 0.0755. The molecule has 0 rings (SSSR count). The maximum Gasteiger partial charge on any atom is 0.459 e. The lowest BCUT2D eigenvalue weighted by molar-refractivity contribution is -0.361. The lowest BCUT2D eigenvalue weighted by Crippen LogP contribution is -2.54. The Kier molecular flexibility index (Phi) is 16.2. The van der Waals surface area contributed by atoms with Crippen LogP contribution in [-0.4, -0.2) is 117 Å². The first kappa shape index (κ1) is 47.3. The van der Waals surface area contributed by atoms with Gasteiger partial charge < -0.3 is 23.7 Å². The van der Waals surface area contributed by atoms with E-state index in [4.69, 9.17) is 4.74 Å². The zero-order chi connectivity index (χ0) is 39.9. The van der Waals surface area contributed by atoms with Crippen LogP contribution in [0.3, 0.4) is 0 Å². The maximum absolute atomic E-state index is 13.5. The number of alkyl halides is 14. The van der Waals surface area contributed by atoms with Gasteiger partial charge in [0.05, 0.1) is 31.7 Å². The van der Waals surface area contributed by atoms with Crippen LogP contribution in [0.2, 0.25) is 0 Å². The zero-order valence-electron chi connectivity index (χ0n) is 25.9. The Morgan fingerprint density at radius 1 is 0.620 bits per heavy atom. The molecule has 0 aromatic heterocycles. The van der Waals surface area contributed by atoms with E-state index in [0.29, 0.717) is 13.8 Å². The number of esters is 3. The molecule has 0 fully saturated rings. The third-order valence-electron chi connectivity index (χ3n) is 6.05. The van der Waals surface area contributed by atoms with Crippen molar-refractivity contribution in [2.45, 2.75) is 100 Å². The topological polar surface area (TPSA) is 152 Å². The highest BCUT2D eigenvalue weighted by atomic mass is 32.2. The van der Waals surface area contributed by atoms with Gasteiger partial charge in [-0.05, 0) is 27.2 Å². The second kappa shape index (κ2) is 17.2. The first-order valence-electron chi connectivity index (χ1n) is 13.5. The standard InChI is InChI=1S/C24H30F14O11S/c1-5-11(2)47-15(39)6-14(17(40)48-12(3)7-45-9-19(25,26)21(29,30)23(33,34)35)16(50(42,43)44)18(41)49-13(4)8-46-10-20(27,28)22(31,32)24(36,37)38/h11-14,16H,5-10H2,1-4H3,(H,42,43,44). The van der Waals surface area contributed by atoms with E-state index in [1.165, 1.54) is 13.8 Å². The van der Waals surface area contributed by atoms with Crippen LogP contribution in [0, 0.1) is 5.92 Å². The largest absolute Gasteiger partial charge is 0.463 e. The molecule has 0 bridgehead atoms. The highest BCUT2D eigenvalue weighted by molar-refractivity contribution is 7.87. The van der Waals surface area contributed by atoms with Crippen molar-refractivity contribution >= 4 is 28.0 Å². The molecule has 0 aliphatic rings. The molecule has 1 N–H and O–H groups in total. The molecule has 5 unspecified atom stereocenters. The molecule has 50 heavy (non-hydrogen) atoms. The summed E-state index contributed by atoms with van der Waals surface area (Å²) in [5.41, 5.74) is 0. The summed E-state index contributed by atoms with van der Waals surface area (Å²) in [6.45, 7) is -3.93. The zero-order valence-corrected chi connectivity index (χ0v) is 26.7. The Morgan fingerprint density at radius 2 is 0.980 bits per heavy atom. The minimum absolute atomic E-state index is 0.114. The highest BCUT2D eigenvalue weighted by Gasteiger charge is 2.74. The van der Waals surface area contributed by atoms with Crippen molar-refractivity contribution in [2.24, 2.45) is 5.92 Å².